The zero-order valence-electron chi connectivity index (χ0n) is 16.3. The van der Waals surface area contributed by atoms with Gasteiger partial charge in [0.1, 0.15) is 24.1 Å². The molecule has 3 rings (SSSR count). The van der Waals surface area contributed by atoms with Crippen LogP contribution >= 0.6 is 0 Å². The Bertz CT molecular complexity index is 653. The fourth-order valence-electron chi connectivity index (χ4n) is 3.49. The second kappa shape index (κ2) is 8.10. The molecule has 0 bridgehead atoms. The number of piperidine rings is 1. The lowest BCUT2D eigenvalue weighted by Gasteiger charge is -2.35. The van der Waals surface area contributed by atoms with E-state index in [4.69, 9.17) is 9.47 Å². The van der Waals surface area contributed by atoms with Crippen LogP contribution in [0.3, 0.4) is 0 Å². The van der Waals surface area contributed by atoms with Gasteiger partial charge < -0.3 is 14.4 Å². The molecule has 1 atom stereocenters. The van der Waals surface area contributed by atoms with Gasteiger partial charge in [-0.3, -0.25) is 9.69 Å². The fourth-order valence-corrected chi connectivity index (χ4v) is 3.49. The zero-order chi connectivity index (χ0) is 19.4. The van der Waals surface area contributed by atoms with E-state index in [1.165, 1.54) is 6.33 Å². The maximum atomic E-state index is 13.0. The van der Waals surface area contributed by atoms with Gasteiger partial charge in [-0.1, -0.05) is 0 Å². The van der Waals surface area contributed by atoms with Gasteiger partial charge in [0, 0.05) is 44.7 Å². The molecule has 2 aliphatic rings. The first-order valence-electron chi connectivity index (χ1n) is 9.54. The van der Waals surface area contributed by atoms with Crippen molar-refractivity contribution in [3.8, 4) is 5.88 Å². The second-order valence-electron chi connectivity index (χ2n) is 8.02. The summed E-state index contributed by atoms with van der Waals surface area (Å²) in [5.41, 5.74) is -0.566. The molecule has 148 valence electrons. The monoisotopic (exact) mass is 376 g/mol. The Kier molecular flexibility index (Phi) is 5.82. The molecule has 0 radical (unpaired) electrons. The highest BCUT2D eigenvalue weighted by atomic mass is 16.6. The molecule has 1 aromatic heterocycles. The third-order valence-corrected chi connectivity index (χ3v) is 4.76. The minimum atomic E-state index is -0.566. The summed E-state index contributed by atoms with van der Waals surface area (Å²) in [6, 6.07) is 1.31. The SMILES string of the molecule is CC(C)(C)OC(=O)N1CCCC1C(=O)N1CCC(Oc2ccncn2)CC1. The smallest absolute Gasteiger partial charge is 0.410 e. The summed E-state index contributed by atoms with van der Waals surface area (Å²) in [4.78, 5) is 36.7. The Morgan fingerprint density at radius 3 is 2.52 bits per heavy atom. The van der Waals surface area contributed by atoms with Gasteiger partial charge in [0.25, 0.3) is 0 Å². The van der Waals surface area contributed by atoms with Gasteiger partial charge in [-0.05, 0) is 33.6 Å². The standard InChI is InChI=1S/C19H28N4O4/c1-19(2,3)27-18(25)23-10-4-5-15(23)17(24)22-11-7-14(8-12-22)26-16-6-9-20-13-21-16/h6,9,13-15H,4-5,7-8,10-12H2,1-3H3. The summed E-state index contributed by atoms with van der Waals surface area (Å²) in [6.07, 6.45) is 5.74. The molecule has 27 heavy (non-hydrogen) atoms. The largest absolute Gasteiger partial charge is 0.474 e. The van der Waals surface area contributed by atoms with Gasteiger partial charge in [0.05, 0.1) is 0 Å². The molecule has 0 aromatic carbocycles. The number of likely N-dealkylation sites (tertiary alicyclic amines) is 2. The van der Waals surface area contributed by atoms with Gasteiger partial charge in [0.2, 0.25) is 11.8 Å². The molecule has 0 spiro atoms. The highest BCUT2D eigenvalue weighted by molar-refractivity contribution is 5.86. The van der Waals surface area contributed by atoms with Crippen molar-refractivity contribution in [2.75, 3.05) is 19.6 Å². The zero-order valence-corrected chi connectivity index (χ0v) is 16.3. The molecule has 3 heterocycles. The Morgan fingerprint density at radius 2 is 1.89 bits per heavy atom. The molecule has 2 saturated heterocycles. The minimum absolute atomic E-state index is 0.0128. The summed E-state index contributed by atoms with van der Waals surface area (Å²) in [6.45, 7) is 7.31. The van der Waals surface area contributed by atoms with Gasteiger partial charge in [-0.25, -0.2) is 14.8 Å². The van der Waals surface area contributed by atoms with Gasteiger partial charge >= 0.3 is 6.09 Å². The number of carbonyl (C=O) groups excluding carboxylic acids is 2. The average molecular weight is 376 g/mol. The first-order chi connectivity index (χ1) is 12.8. The number of hydrogen-bond donors (Lipinski definition) is 0. The first-order valence-corrected chi connectivity index (χ1v) is 9.54. The quantitative estimate of drug-likeness (QED) is 0.804. The van der Waals surface area contributed by atoms with E-state index in [-0.39, 0.29) is 12.0 Å². The molecule has 0 aliphatic carbocycles. The van der Waals surface area contributed by atoms with Crippen molar-refractivity contribution in [2.45, 2.75) is 64.2 Å². The third kappa shape index (κ3) is 5.08. The number of nitrogens with zero attached hydrogens (tertiary/aromatic N) is 4. The van der Waals surface area contributed by atoms with Crippen molar-refractivity contribution in [1.29, 1.82) is 0 Å². The predicted octanol–water partition coefficient (Wildman–Crippen LogP) is 2.25. The lowest BCUT2D eigenvalue weighted by molar-refractivity contribution is -0.137. The number of hydrogen-bond acceptors (Lipinski definition) is 6. The summed E-state index contributed by atoms with van der Waals surface area (Å²) in [7, 11) is 0. The topological polar surface area (TPSA) is 84.9 Å². The maximum Gasteiger partial charge on any atom is 0.410 e. The van der Waals surface area contributed by atoms with Gasteiger partial charge in [-0.2, -0.15) is 0 Å². The Hall–Kier alpha value is -2.38. The predicted molar refractivity (Wildman–Crippen MR) is 98.2 cm³/mol. The van der Waals surface area contributed by atoms with Crippen LogP contribution in [0.2, 0.25) is 0 Å². The van der Waals surface area contributed by atoms with E-state index in [2.05, 4.69) is 9.97 Å². The van der Waals surface area contributed by atoms with Crippen molar-refractivity contribution in [3.05, 3.63) is 18.6 Å². The molecule has 0 N–H and O–H groups in total. The lowest BCUT2D eigenvalue weighted by Crippen LogP contribution is -2.51. The van der Waals surface area contributed by atoms with Crippen LogP contribution in [0.25, 0.3) is 0 Å². The minimum Gasteiger partial charge on any atom is -0.474 e. The van der Waals surface area contributed by atoms with Crippen LogP contribution in [0, 0.1) is 0 Å². The highest BCUT2D eigenvalue weighted by Gasteiger charge is 2.39. The van der Waals surface area contributed by atoms with Crippen molar-refractivity contribution in [1.82, 2.24) is 19.8 Å². The van der Waals surface area contributed by atoms with Gasteiger partial charge in [-0.15, -0.1) is 0 Å². The van der Waals surface area contributed by atoms with E-state index < -0.39 is 17.7 Å². The summed E-state index contributed by atoms with van der Waals surface area (Å²) < 4.78 is 11.3. The van der Waals surface area contributed by atoms with E-state index in [0.29, 0.717) is 31.9 Å². The second-order valence-corrected chi connectivity index (χ2v) is 8.02. The molecule has 2 fully saturated rings. The van der Waals surface area contributed by atoms with Crippen LogP contribution < -0.4 is 4.74 Å². The van der Waals surface area contributed by atoms with E-state index in [1.807, 2.05) is 25.7 Å². The summed E-state index contributed by atoms with van der Waals surface area (Å²) in [5, 5.41) is 0. The fraction of sp³-hybridized carbons (Fsp3) is 0.684. The van der Waals surface area contributed by atoms with E-state index in [0.717, 1.165) is 19.3 Å². The van der Waals surface area contributed by atoms with Crippen LogP contribution in [0.4, 0.5) is 4.79 Å². The molecular formula is C19H28N4O4. The normalized spacial score (nSPS) is 21.2. The molecule has 2 amide bonds. The first kappa shape index (κ1) is 19.4. The average Bonchev–Trinajstić information content (AvgIpc) is 3.11. The third-order valence-electron chi connectivity index (χ3n) is 4.76. The maximum absolute atomic E-state index is 13.0. The van der Waals surface area contributed by atoms with Crippen molar-refractivity contribution >= 4 is 12.0 Å². The number of carbonyl (C=O) groups is 2. The molecule has 1 unspecified atom stereocenters. The van der Waals surface area contributed by atoms with Crippen molar-refractivity contribution in [3.63, 3.8) is 0 Å². The Labute approximate surface area is 159 Å². The van der Waals surface area contributed by atoms with E-state index >= 15 is 0 Å². The van der Waals surface area contributed by atoms with E-state index in [9.17, 15) is 9.59 Å². The lowest BCUT2D eigenvalue weighted by atomic mass is 10.1. The van der Waals surface area contributed by atoms with Crippen LogP contribution in [0.1, 0.15) is 46.5 Å². The van der Waals surface area contributed by atoms with Crippen LogP contribution in [-0.2, 0) is 9.53 Å². The van der Waals surface area contributed by atoms with E-state index in [1.54, 1.807) is 17.2 Å². The number of rotatable bonds is 3. The molecular weight excluding hydrogens is 348 g/mol. The van der Waals surface area contributed by atoms with Crippen LogP contribution in [0.5, 0.6) is 5.88 Å². The molecule has 8 heteroatoms. The number of ether oxygens (including phenoxy) is 2. The molecule has 0 saturated carbocycles. The summed E-state index contributed by atoms with van der Waals surface area (Å²) >= 11 is 0. The van der Waals surface area contributed by atoms with Crippen molar-refractivity contribution < 1.29 is 19.1 Å². The Morgan fingerprint density at radius 1 is 1.15 bits per heavy atom. The van der Waals surface area contributed by atoms with Gasteiger partial charge in [0.15, 0.2) is 0 Å². The van der Waals surface area contributed by atoms with Crippen molar-refractivity contribution in [2.24, 2.45) is 0 Å². The number of amides is 2. The molecule has 1 aromatic rings. The summed E-state index contributed by atoms with van der Waals surface area (Å²) in [5.74, 6) is 0.570. The van der Waals surface area contributed by atoms with Crippen LogP contribution in [-0.4, -0.2) is 69.1 Å². The number of aromatic nitrogens is 2. The Balaban J connectivity index is 1.53. The molecule has 8 nitrogen and oxygen atoms in total. The highest BCUT2D eigenvalue weighted by Crippen LogP contribution is 2.24. The van der Waals surface area contributed by atoms with Crippen LogP contribution in [0.15, 0.2) is 18.6 Å². The molecule has 2 aliphatic heterocycles.